The smallest absolute Gasteiger partial charge is 0.262 e. The number of nitrogens with zero attached hydrogens (tertiary/aromatic N) is 1. The van der Waals surface area contributed by atoms with Gasteiger partial charge in [0.25, 0.3) is 5.91 Å². The van der Waals surface area contributed by atoms with Crippen molar-refractivity contribution < 1.29 is 9.53 Å². The van der Waals surface area contributed by atoms with Crippen LogP contribution in [-0.4, -0.2) is 26.6 Å². The van der Waals surface area contributed by atoms with Crippen molar-refractivity contribution in [3.05, 3.63) is 53.1 Å². The second-order valence-corrected chi connectivity index (χ2v) is 5.65. The van der Waals surface area contributed by atoms with Crippen molar-refractivity contribution in [2.75, 3.05) is 30.9 Å². The summed E-state index contributed by atoms with van der Waals surface area (Å²) in [5.41, 5.74) is 2.63. The van der Waals surface area contributed by atoms with Crippen LogP contribution in [0, 0.1) is 6.92 Å². The van der Waals surface area contributed by atoms with E-state index in [-0.39, 0.29) is 12.5 Å². The van der Waals surface area contributed by atoms with E-state index in [4.69, 9.17) is 16.3 Å². The summed E-state index contributed by atoms with van der Waals surface area (Å²) < 4.78 is 5.49. The van der Waals surface area contributed by atoms with Crippen LogP contribution in [0.4, 0.5) is 11.4 Å². The van der Waals surface area contributed by atoms with Crippen LogP contribution < -0.4 is 15.0 Å². The highest BCUT2D eigenvalue weighted by Gasteiger charge is 2.10. The fourth-order valence-electron chi connectivity index (χ4n) is 2.04. The predicted molar refractivity (Wildman–Crippen MR) is 91.1 cm³/mol. The highest BCUT2D eigenvalue weighted by atomic mass is 35.5. The molecule has 0 saturated carbocycles. The molecule has 116 valence electrons. The molecule has 0 aliphatic rings. The molecule has 0 aromatic heterocycles. The maximum absolute atomic E-state index is 12.1. The number of anilines is 2. The van der Waals surface area contributed by atoms with E-state index in [0.717, 1.165) is 11.3 Å². The lowest BCUT2D eigenvalue weighted by Crippen LogP contribution is -2.22. The van der Waals surface area contributed by atoms with Gasteiger partial charge in [-0.05, 0) is 42.8 Å². The summed E-state index contributed by atoms with van der Waals surface area (Å²) in [6, 6.07) is 12.9. The molecule has 0 heterocycles. The van der Waals surface area contributed by atoms with Crippen LogP contribution in [0.15, 0.2) is 42.5 Å². The number of rotatable bonds is 5. The maximum Gasteiger partial charge on any atom is 0.262 e. The quantitative estimate of drug-likeness (QED) is 0.913. The Bertz CT molecular complexity index is 671. The molecule has 0 unspecified atom stereocenters. The van der Waals surface area contributed by atoms with Gasteiger partial charge in [0, 0.05) is 19.1 Å². The third-order valence-corrected chi connectivity index (χ3v) is 3.31. The molecule has 4 nitrogen and oxygen atoms in total. The molecule has 22 heavy (non-hydrogen) atoms. The van der Waals surface area contributed by atoms with Crippen molar-refractivity contribution in [1.29, 1.82) is 0 Å². The van der Waals surface area contributed by atoms with Gasteiger partial charge in [0.15, 0.2) is 6.61 Å². The molecule has 2 rings (SSSR count). The summed E-state index contributed by atoms with van der Waals surface area (Å²) in [6.45, 7) is 1.92. The molecule has 2 aromatic rings. The first-order valence-electron chi connectivity index (χ1n) is 6.92. The van der Waals surface area contributed by atoms with Crippen molar-refractivity contribution >= 4 is 28.9 Å². The Labute approximate surface area is 135 Å². The molecular formula is C17H19ClN2O2. The number of benzene rings is 2. The van der Waals surface area contributed by atoms with E-state index in [9.17, 15) is 4.79 Å². The molecular weight excluding hydrogens is 300 g/mol. The van der Waals surface area contributed by atoms with Crippen LogP contribution >= 0.6 is 11.6 Å². The Morgan fingerprint density at radius 3 is 2.68 bits per heavy atom. The summed E-state index contributed by atoms with van der Waals surface area (Å²) in [5, 5.41) is 3.40. The Morgan fingerprint density at radius 1 is 1.23 bits per heavy atom. The van der Waals surface area contributed by atoms with E-state index in [1.54, 1.807) is 12.1 Å². The highest BCUT2D eigenvalue weighted by Crippen LogP contribution is 2.27. The van der Waals surface area contributed by atoms with Crippen LogP contribution in [-0.2, 0) is 4.79 Å². The molecule has 0 atom stereocenters. The summed E-state index contributed by atoms with van der Waals surface area (Å²) in [7, 11) is 3.81. The second kappa shape index (κ2) is 7.18. The number of ether oxygens (including phenoxy) is 1. The molecule has 2 aromatic carbocycles. The van der Waals surface area contributed by atoms with Crippen LogP contribution in [0.25, 0.3) is 0 Å². The third-order valence-electron chi connectivity index (χ3n) is 3.07. The lowest BCUT2D eigenvalue weighted by molar-refractivity contribution is -0.118. The topological polar surface area (TPSA) is 41.6 Å². The van der Waals surface area contributed by atoms with Gasteiger partial charge in [-0.2, -0.15) is 0 Å². The first-order chi connectivity index (χ1) is 10.5. The van der Waals surface area contributed by atoms with Gasteiger partial charge in [-0.25, -0.2) is 0 Å². The summed E-state index contributed by atoms with van der Waals surface area (Å²) in [4.78, 5) is 14.0. The normalized spacial score (nSPS) is 10.2. The molecule has 0 bridgehead atoms. The molecule has 0 radical (unpaired) electrons. The predicted octanol–water partition coefficient (Wildman–Crippen LogP) is 3.73. The zero-order chi connectivity index (χ0) is 16.1. The molecule has 0 spiro atoms. The largest absolute Gasteiger partial charge is 0.484 e. The van der Waals surface area contributed by atoms with E-state index in [1.165, 1.54) is 0 Å². The molecule has 0 saturated heterocycles. The van der Waals surface area contributed by atoms with E-state index >= 15 is 0 Å². The number of nitrogens with one attached hydrogen (secondary N) is 1. The average Bonchev–Trinajstić information content (AvgIpc) is 2.45. The minimum Gasteiger partial charge on any atom is -0.484 e. The summed E-state index contributed by atoms with van der Waals surface area (Å²) >= 11 is 5.99. The minimum absolute atomic E-state index is 0.0527. The van der Waals surface area contributed by atoms with Crippen molar-refractivity contribution in [1.82, 2.24) is 0 Å². The highest BCUT2D eigenvalue weighted by molar-refractivity contribution is 6.31. The molecule has 0 aliphatic carbocycles. The van der Waals surface area contributed by atoms with Gasteiger partial charge in [0.05, 0.1) is 11.4 Å². The fourth-order valence-corrected chi connectivity index (χ4v) is 2.21. The van der Waals surface area contributed by atoms with Gasteiger partial charge in [-0.3, -0.25) is 4.79 Å². The van der Waals surface area contributed by atoms with Crippen molar-refractivity contribution in [2.45, 2.75) is 6.92 Å². The lowest BCUT2D eigenvalue weighted by atomic mass is 10.2. The van der Waals surface area contributed by atoms with Gasteiger partial charge >= 0.3 is 0 Å². The van der Waals surface area contributed by atoms with Crippen LogP contribution in [0.2, 0.25) is 5.02 Å². The van der Waals surface area contributed by atoms with Gasteiger partial charge in [0.2, 0.25) is 0 Å². The third kappa shape index (κ3) is 4.40. The number of halogens is 1. The van der Waals surface area contributed by atoms with E-state index in [1.807, 2.05) is 56.3 Å². The average molecular weight is 319 g/mol. The van der Waals surface area contributed by atoms with Gasteiger partial charge < -0.3 is 15.0 Å². The number of aryl methyl sites for hydroxylation is 1. The fraction of sp³-hybridized carbons (Fsp3) is 0.235. The van der Waals surface area contributed by atoms with Gasteiger partial charge in [-0.1, -0.05) is 23.7 Å². The zero-order valence-electron chi connectivity index (χ0n) is 12.9. The summed E-state index contributed by atoms with van der Waals surface area (Å²) in [6.07, 6.45) is 0. The molecule has 1 N–H and O–H groups in total. The first kappa shape index (κ1) is 16.2. The number of hydrogen-bond acceptors (Lipinski definition) is 3. The molecule has 0 fully saturated rings. The Balaban J connectivity index is 2.01. The van der Waals surface area contributed by atoms with Gasteiger partial charge in [0.1, 0.15) is 5.75 Å². The van der Waals surface area contributed by atoms with E-state index < -0.39 is 0 Å². The van der Waals surface area contributed by atoms with Crippen LogP contribution in [0.1, 0.15) is 5.56 Å². The standard InChI is InChI=1S/C17H19ClN2O2/c1-12-5-4-6-14(9-12)22-11-17(21)19-15-10-13(18)7-8-16(15)20(2)3/h4-10H,11H2,1-3H3,(H,19,21). The van der Waals surface area contributed by atoms with Crippen molar-refractivity contribution in [3.63, 3.8) is 0 Å². The number of carbonyl (C=O) groups excluding carboxylic acids is 1. The molecule has 5 heteroatoms. The van der Waals surface area contributed by atoms with Crippen molar-refractivity contribution in [2.24, 2.45) is 0 Å². The van der Waals surface area contributed by atoms with E-state index in [0.29, 0.717) is 16.5 Å². The van der Waals surface area contributed by atoms with E-state index in [2.05, 4.69) is 5.32 Å². The monoisotopic (exact) mass is 318 g/mol. The molecule has 1 amide bonds. The lowest BCUT2D eigenvalue weighted by Gasteiger charge is -2.18. The Morgan fingerprint density at radius 2 is 2.00 bits per heavy atom. The molecule has 0 aliphatic heterocycles. The van der Waals surface area contributed by atoms with Crippen molar-refractivity contribution in [3.8, 4) is 5.75 Å². The van der Waals surface area contributed by atoms with Crippen LogP contribution in [0.5, 0.6) is 5.75 Å². The Kier molecular flexibility index (Phi) is 5.28. The van der Waals surface area contributed by atoms with Crippen LogP contribution in [0.3, 0.4) is 0 Å². The summed E-state index contributed by atoms with van der Waals surface area (Å²) in [5.74, 6) is 0.445. The second-order valence-electron chi connectivity index (χ2n) is 5.21. The first-order valence-corrected chi connectivity index (χ1v) is 7.29. The number of amides is 1. The number of hydrogen-bond donors (Lipinski definition) is 1. The Hall–Kier alpha value is -2.20. The SMILES string of the molecule is Cc1cccc(OCC(=O)Nc2cc(Cl)ccc2N(C)C)c1. The van der Waals surface area contributed by atoms with Gasteiger partial charge in [-0.15, -0.1) is 0 Å². The zero-order valence-corrected chi connectivity index (χ0v) is 13.6. The maximum atomic E-state index is 12.1. The number of carbonyl (C=O) groups is 1. The minimum atomic E-state index is -0.230.